The summed E-state index contributed by atoms with van der Waals surface area (Å²) in [7, 11) is 0. The molecule has 1 fully saturated rings. The van der Waals surface area contributed by atoms with Crippen LogP contribution in [0.2, 0.25) is 5.15 Å². The summed E-state index contributed by atoms with van der Waals surface area (Å²) in [5, 5.41) is 19.8. The van der Waals surface area contributed by atoms with Crippen molar-refractivity contribution in [3.63, 3.8) is 0 Å². The summed E-state index contributed by atoms with van der Waals surface area (Å²) in [6.07, 6.45) is 4.13. The normalized spacial score (nSPS) is 17.7. The van der Waals surface area contributed by atoms with Gasteiger partial charge in [0.1, 0.15) is 0 Å². The highest BCUT2D eigenvalue weighted by atomic mass is 35.5. The number of carbonyl (C=O) groups is 1. The van der Waals surface area contributed by atoms with E-state index in [0.29, 0.717) is 6.54 Å². The number of hydrogen-bond acceptors (Lipinski definition) is 4. The van der Waals surface area contributed by atoms with E-state index in [4.69, 9.17) is 11.6 Å². The number of aliphatic hydroxyl groups is 1. The fraction of sp³-hybridized carbons (Fsp3) is 0.583. The van der Waals surface area contributed by atoms with E-state index in [1.165, 1.54) is 12.1 Å². The highest BCUT2D eigenvalue weighted by molar-refractivity contribution is 6.29. The summed E-state index contributed by atoms with van der Waals surface area (Å²) in [6.45, 7) is 0.590. The highest BCUT2D eigenvalue weighted by Gasteiger charge is 2.33. The van der Waals surface area contributed by atoms with E-state index in [1.807, 2.05) is 0 Å². The van der Waals surface area contributed by atoms with Gasteiger partial charge in [-0.1, -0.05) is 24.4 Å². The zero-order valence-corrected chi connectivity index (χ0v) is 10.8. The van der Waals surface area contributed by atoms with Crippen LogP contribution in [0.4, 0.5) is 0 Å². The fourth-order valence-electron chi connectivity index (χ4n) is 2.31. The maximum atomic E-state index is 11.8. The molecule has 0 spiro atoms. The lowest BCUT2D eigenvalue weighted by Gasteiger charge is -2.26. The van der Waals surface area contributed by atoms with Gasteiger partial charge in [-0.05, 0) is 25.0 Å². The second-order valence-electron chi connectivity index (χ2n) is 4.79. The van der Waals surface area contributed by atoms with E-state index in [0.717, 1.165) is 25.7 Å². The number of aromatic nitrogens is 2. The molecule has 1 aromatic rings. The van der Waals surface area contributed by atoms with Crippen LogP contribution < -0.4 is 5.32 Å². The minimum Gasteiger partial charge on any atom is -0.396 e. The van der Waals surface area contributed by atoms with Gasteiger partial charge in [0, 0.05) is 12.0 Å². The Morgan fingerprint density at radius 2 is 2.11 bits per heavy atom. The van der Waals surface area contributed by atoms with Crippen LogP contribution in [-0.4, -0.2) is 34.4 Å². The van der Waals surface area contributed by atoms with E-state index in [2.05, 4.69) is 15.5 Å². The van der Waals surface area contributed by atoms with E-state index in [9.17, 15) is 9.90 Å². The van der Waals surface area contributed by atoms with Crippen molar-refractivity contribution in [3.8, 4) is 0 Å². The van der Waals surface area contributed by atoms with E-state index < -0.39 is 0 Å². The number of halogens is 1. The molecule has 2 rings (SSSR count). The lowest BCUT2D eigenvalue weighted by Crippen LogP contribution is -2.38. The maximum absolute atomic E-state index is 11.8. The number of nitrogens with one attached hydrogen (secondary N) is 1. The summed E-state index contributed by atoms with van der Waals surface area (Å²) in [5.74, 6) is -0.279. The second kappa shape index (κ2) is 5.63. The summed E-state index contributed by atoms with van der Waals surface area (Å²) < 4.78 is 0. The van der Waals surface area contributed by atoms with Crippen molar-refractivity contribution in [2.75, 3.05) is 13.2 Å². The molecular formula is C12H16ClN3O2. The summed E-state index contributed by atoms with van der Waals surface area (Å²) in [6, 6.07) is 3.06. The third kappa shape index (κ3) is 2.97. The Balaban J connectivity index is 1.93. The largest absolute Gasteiger partial charge is 0.396 e. The Hall–Kier alpha value is -1.20. The van der Waals surface area contributed by atoms with Gasteiger partial charge in [0.2, 0.25) is 0 Å². The molecule has 1 aliphatic rings. The average molecular weight is 270 g/mol. The zero-order valence-electron chi connectivity index (χ0n) is 10.0. The molecular weight excluding hydrogens is 254 g/mol. The molecule has 98 valence electrons. The third-order valence-electron chi connectivity index (χ3n) is 3.49. The van der Waals surface area contributed by atoms with Gasteiger partial charge in [0.25, 0.3) is 5.91 Å². The van der Waals surface area contributed by atoms with Crippen LogP contribution in [0.25, 0.3) is 0 Å². The van der Waals surface area contributed by atoms with Crippen molar-refractivity contribution in [1.82, 2.24) is 15.5 Å². The molecule has 0 unspecified atom stereocenters. The van der Waals surface area contributed by atoms with Crippen molar-refractivity contribution in [2.45, 2.75) is 25.7 Å². The second-order valence-corrected chi connectivity index (χ2v) is 5.18. The monoisotopic (exact) mass is 269 g/mol. The van der Waals surface area contributed by atoms with Crippen LogP contribution in [0.5, 0.6) is 0 Å². The predicted octanol–water partition coefficient (Wildman–Crippen LogP) is 1.41. The van der Waals surface area contributed by atoms with Crippen LogP contribution in [0, 0.1) is 5.41 Å². The van der Waals surface area contributed by atoms with Crippen molar-refractivity contribution in [1.29, 1.82) is 0 Å². The summed E-state index contributed by atoms with van der Waals surface area (Å²) in [5.41, 5.74) is 0.0840. The molecule has 0 aliphatic heterocycles. The Labute approximate surface area is 111 Å². The van der Waals surface area contributed by atoms with Gasteiger partial charge in [0.05, 0.1) is 6.61 Å². The van der Waals surface area contributed by atoms with E-state index >= 15 is 0 Å². The molecule has 0 saturated heterocycles. The Kier molecular flexibility index (Phi) is 4.14. The minimum atomic E-state index is -0.279. The average Bonchev–Trinajstić information content (AvgIpc) is 2.86. The standard InChI is InChI=1S/C12H16ClN3O2/c13-10-4-3-9(15-16-10)11(18)14-7-12(8-17)5-1-2-6-12/h3-4,17H,1-2,5-8H2,(H,14,18). The Bertz CT molecular complexity index is 416. The predicted molar refractivity (Wildman–Crippen MR) is 67.4 cm³/mol. The van der Waals surface area contributed by atoms with Gasteiger partial charge in [-0.2, -0.15) is 0 Å². The molecule has 1 amide bonds. The molecule has 1 aliphatic carbocycles. The molecule has 0 radical (unpaired) electrons. The molecule has 2 N–H and O–H groups in total. The number of rotatable bonds is 4. The van der Waals surface area contributed by atoms with E-state index in [1.54, 1.807) is 0 Å². The van der Waals surface area contributed by atoms with Crippen molar-refractivity contribution < 1.29 is 9.90 Å². The molecule has 6 heteroatoms. The third-order valence-corrected chi connectivity index (χ3v) is 3.69. The first-order valence-electron chi connectivity index (χ1n) is 6.03. The number of nitrogens with zero attached hydrogens (tertiary/aromatic N) is 2. The molecule has 0 aromatic carbocycles. The molecule has 0 atom stereocenters. The number of carbonyl (C=O) groups excluding carboxylic acids is 1. The maximum Gasteiger partial charge on any atom is 0.271 e. The van der Waals surface area contributed by atoms with Gasteiger partial charge < -0.3 is 10.4 Å². The van der Waals surface area contributed by atoms with Crippen LogP contribution >= 0.6 is 11.6 Å². The molecule has 1 aromatic heterocycles. The van der Waals surface area contributed by atoms with Crippen molar-refractivity contribution in [2.24, 2.45) is 5.41 Å². The van der Waals surface area contributed by atoms with Crippen LogP contribution in [0.3, 0.4) is 0 Å². The summed E-state index contributed by atoms with van der Waals surface area (Å²) in [4.78, 5) is 11.8. The SMILES string of the molecule is O=C(NCC1(CO)CCCC1)c1ccc(Cl)nn1. The Morgan fingerprint density at radius 1 is 1.39 bits per heavy atom. The Morgan fingerprint density at radius 3 is 2.67 bits per heavy atom. The van der Waals surface area contributed by atoms with Crippen LogP contribution in [0.1, 0.15) is 36.2 Å². The molecule has 1 heterocycles. The number of amides is 1. The first-order chi connectivity index (χ1) is 8.65. The lowest BCUT2D eigenvalue weighted by molar-refractivity contribution is 0.0875. The fourth-order valence-corrected chi connectivity index (χ4v) is 2.41. The molecule has 1 saturated carbocycles. The van der Waals surface area contributed by atoms with Gasteiger partial charge in [-0.25, -0.2) is 0 Å². The van der Waals surface area contributed by atoms with Crippen molar-refractivity contribution in [3.05, 3.63) is 23.0 Å². The molecule has 0 bridgehead atoms. The van der Waals surface area contributed by atoms with Crippen molar-refractivity contribution >= 4 is 17.5 Å². The summed E-state index contributed by atoms with van der Waals surface area (Å²) >= 11 is 5.60. The first-order valence-corrected chi connectivity index (χ1v) is 6.41. The van der Waals surface area contributed by atoms with Gasteiger partial charge >= 0.3 is 0 Å². The zero-order chi connectivity index (χ0) is 13.0. The molecule has 18 heavy (non-hydrogen) atoms. The quantitative estimate of drug-likeness (QED) is 0.867. The van der Waals surface area contributed by atoms with Gasteiger partial charge in [0.15, 0.2) is 10.8 Å². The van der Waals surface area contributed by atoms with E-state index in [-0.39, 0.29) is 28.8 Å². The van der Waals surface area contributed by atoms with Crippen LogP contribution in [0.15, 0.2) is 12.1 Å². The topological polar surface area (TPSA) is 75.1 Å². The highest BCUT2D eigenvalue weighted by Crippen LogP contribution is 2.36. The number of hydrogen-bond donors (Lipinski definition) is 2. The van der Waals surface area contributed by atoms with Gasteiger partial charge in [-0.3, -0.25) is 4.79 Å². The lowest BCUT2D eigenvalue weighted by atomic mass is 9.87. The smallest absolute Gasteiger partial charge is 0.271 e. The van der Waals surface area contributed by atoms with Crippen LogP contribution in [-0.2, 0) is 0 Å². The number of aliphatic hydroxyl groups excluding tert-OH is 1. The molecule has 5 nitrogen and oxygen atoms in total. The minimum absolute atomic E-state index is 0.111. The van der Waals surface area contributed by atoms with Gasteiger partial charge in [-0.15, -0.1) is 10.2 Å². The first kappa shape index (κ1) is 13.2.